The van der Waals surface area contributed by atoms with Crippen molar-refractivity contribution in [2.75, 3.05) is 0 Å². The van der Waals surface area contributed by atoms with E-state index >= 15 is 0 Å². The average molecular weight is 354 g/mol. The minimum absolute atomic E-state index is 0.119. The van der Waals surface area contributed by atoms with Crippen LogP contribution in [0.5, 0.6) is 5.75 Å². The van der Waals surface area contributed by atoms with Gasteiger partial charge in [0.15, 0.2) is 0 Å². The zero-order valence-corrected chi connectivity index (χ0v) is 14.8. The molecule has 4 nitrogen and oxygen atoms in total. The summed E-state index contributed by atoms with van der Waals surface area (Å²) in [5.74, 6) is 0.690. The van der Waals surface area contributed by atoms with E-state index in [1.54, 1.807) is 34.9 Å². The molecule has 0 atom stereocenters. The Balaban J connectivity index is 1.99. The fourth-order valence-corrected chi connectivity index (χ4v) is 3.10. The first-order chi connectivity index (χ1) is 13.1. The lowest BCUT2D eigenvalue weighted by Crippen LogP contribution is -2.23. The summed E-state index contributed by atoms with van der Waals surface area (Å²) in [7, 11) is 0. The fraction of sp³-hybridized carbons (Fsp3) is 0.0435. The van der Waals surface area contributed by atoms with Crippen LogP contribution in [0.1, 0.15) is 17.0 Å². The van der Waals surface area contributed by atoms with Crippen LogP contribution in [-0.4, -0.2) is 14.7 Å². The highest BCUT2D eigenvalue weighted by molar-refractivity contribution is 5.80. The summed E-state index contributed by atoms with van der Waals surface area (Å²) in [6.45, 7) is 1.97. The van der Waals surface area contributed by atoms with E-state index in [0.29, 0.717) is 22.3 Å². The van der Waals surface area contributed by atoms with Crippen molar-refractivity contribution in [1.29, 1.82) is 0 Å². The number of nitrogens with zero attached hydrogens (tertiary/aromatic N) is 2. The number of hydrogen-bond donors (Lipinski definition) is 1. The quantitative estimate of drug-likeness (QED) is 0.586. The SMILES string of the molecule is Cc1ccccc1-n1c(/C=C\c2ccccc2O)nc2ccccc2c1=O. The van der Waals surface area contributed by atoms with Crippen LogP contribution in [0.2, 0.25) is 0 Å². The van der Waals surface area contributed by atoms with Crippen LogP contribution >= 0.6 is 0 Å². The van der Waals surface area contributed by atoms with Gasteiger partial charge >= 0.3 is 0 Å². The Morgan fingerprint density at radius 1 is 0.889 bits per heavy atom. The van der Waals surface area contributed by atoms with Crippen LogP contribution in [0.4, 0.5) is 0 Å². The number of aromatic nitrogens is 2. The fourth-order valence-electron chi connectivity index (χ4n) is 3.10. The summed E-state index contributed by atoms with van der Waals surface area (Å²) >= 11 is 0. The van der Waals surface area contributed by atoms with Crippen LogP contribution in [0.3, 0.4) is 0 Å². The normalized spacial score (nSPS) is 11.3. The van der Waals surface area contributed by atoms with Crippen molar-refractivity contribution in [2.24, 2.45) is 0 Å². The summed E-state index contributed by atoms with van der Waals surface area (Å²) in [6.07, 6.45) is 3.52. The van der Waals surface area contributed by atoms with Gasteiger partial charge in [0.2, 0.25) is 0 Å². The lowest BCUT2D eigenvalue weighted by Gasteiger charge is -2.13. The monoisotopic (exact) mass is 354 g/mol. The Hall–Kier alpha value is -3.66. The second kappa shape index (κ2) is 6.92. The van der Waals surface area contributed by atoms with Crippen molar-refractivity contribution in [2.45, 2.75) is 6.92 Å². The minimum Gasteiger partial charge on any atom is -0.507 e. The van der Waals surface area contributed by atoms with Crippen molar-refractivity contribution < 1.29 is 5.11 Å². The molecule has 0 saturated carbocycles. The third-order valence-corrected chi connectivity index (χ3v) is 4.51. The predicted octanol–water partition coefficient (Wildman–Crippen LogP) is 4.57. The molecule has 0 unspecified atom stereocenters. The molecule has 0 aliphatic heterocycles. The largest absolute Gasteiger partial charge is 0.507 e. The van der Waals surface area contributed by atoms with Gasteiger partial charge in [0, 0.05) is 5.56 Å². The third kappa shape index (κ3) is 3.13. The number of phenols is 1. The van der Waals surface area contributed by atoms with Gasteiger partial charge in [-0.05, 0) is 48.9 Å². The predicted molar refractivity (Wildman–Crippen MR) is 109 cm³/mol. The first kappa shape index (κ1) is 16.8. The zero-order chi connectivity index (χ0) is 18.8. The van der Waals surface area contributed by atoms with E-state index < -0.39 is 0 Å². The van der Waals surface area contributed by atoms with Gasteiger partial charge in [-0.1, -0.05) is 48.5 Å². The maximum atomic E-state index is 13.2. The molecule has 0 radical (unpaired) electrons. The van der Waals surface area contributed by atoms with Gasteiger partial charge in [0.25, 0.3) is 5.56 Å². The van der Waals surface area contributed by atoms with E-state index in [4.69, 9.17) is 4.98 Å². The third-order valence-electron chi connectivity index (χ3n) is 4.51. The lowest BCUT2D eigenvalue weighted by atomic mass is 10.1. The maximum Gasteiger partial charge on any atom is 0.266 e. The van der Waals surface area contributed by atoms with Gasteiger partial charge < -0.3 is 5.11 Å². The molecule has 0 bridgehead atoms. The second-order valence-corrected chi connectivity index (χ2v) is 6.31. The van der Waals surface area contributed by atoms with Crippen molar-refractivity contribution in [3.8, 4) is 11.4 Å². The number of hydrogen-bond acceptors (Lipinski definition) is 3. The standard InChI is InChI=1S/C23H18N2O2/c1-16-8-2-6-12-20(16)25-22(15-14-17-9-3-7-13-21(17)26)24-19-11-5-4-10-18(19)23(25)27/h2-15,26H,1H3/b15-14-. The van der Waals surface area contributed by atoms with Crippen molar-refractivity contribution >= 4 is 23.1 Å². The minimum atomic E-state index is -0.119. The molecule has 27 heavy (non-hydrogen) atoms. The highest BCUT2D eigenvalue weighted by Gasteiger charge is 2.12. The van der Waals surface area contributed by atoms with Crippen molar-refractivity contribution in [3.05, 3.63) is 100 Å². The number of benzene rings is 3. The van der Waals surface area contributed by atoms with Gasteiger partial charge in [-0.2, -0.15) is 0 Å². The first-order valence-electron chi connectivity index (χ1n) is 8.69. The molecule has 4 heteroatoms. The average Bonchev–Trinajstić information content (AvgIpc) is 2.68. The molecule has 4 rings (SSSR count). The van der Waals surface area contributed by atoms with Crippen LogP contribution < -0.4 is 5.56 Å². The van der Waals surface area contributed by atoms with Crippen LogP contribution in [-0.2, 0) is 0 Å². The van der Waals surface area contributed by atoms with Crippen molar-refractivity contribution in [3.63, 3.8) is 0 Å². The van der Waals surface area contributed by atoms with E-state index in [0.717, 1.165) is 11.3 Å². The Labute approximate surface area is 156 Å². The van der Waals surface area contributed by atoms with Crippen LogP contribution in [0, 0.1) is 6.92 Å². The van der Waals surface area contributed by atoms with Gasteiger partial charge in [-0.3, -0.25) is 9.36 Å². The molecule has 0 aliphatic carbocycles. The Morgan fingerprint density at radius 2 is 1.59 bits per heavy atom. The van der Waals surface area contributed by atoms with E-state index in [2.05, 4.69) is 0 Å². The summed E-state index contributed by atoms with van der Waals surface area (Å²) in [5, 5.41) is 10.6. The molecule has 1 heterocycles. The zero-order valence-electron chi connectivity index (χ0n) is 14.8. The van der Waals surface area contributed by atoms with E-state index in [9.17, 15) is 9.90 Å². The Kier molecular flexibility index (Phi) is 4.30. The van der Waals surface area contributed by atoms with Gasteiger partial charge in [-0.15, -0.1) is 0 Å². The molecule has 0 spiro atoms. The van der Waals surface area contributed by atoms with E-state index in [1.807, 2.05) is 61.5 Å². The van der Waals surface area contributed by atoms with E-state index in [1.165, 1.54) is 0 Å². The molecule has 0 aliphatic rings. The molecule has 3 aromatic carbocycles. The maximum absolute atomic E-state index is 13.2. The second-order valence-electron chi connectivity index (χ2n) is 6.31. The number of aromatic hydroxyl groups is 1. The highest BCUT2D eigenvalue weighted by atomic mass is 16.3. The molecule has 0 saturated heterocycles. The van der Waals surface area contributed by atoms with Gasteiger partial charge in [0.05, 0.1) is 16.6 Å². The van der Waals surface area contributed by atoms with Crippen LogP contribution in [0.15, 0.2) is 77.6 Å². The number of rotatable bonds is 3. The molecule has 1 N–H and O–H groups in total. The highest BCUT2D eigenvalue weighted by Crippen LogP contribution is 2.21. The Morgan fingerprint density at radius 3 is 2.41 bits per heavy atom. The summed E-state index contributed by atoms with van der Waals surface area (Å²) in [5.41, 5.74) is 2.96. The number of fused-ring (bicyclic) bond motifs is 1. The molecule has 4 aromatic rings. The Bertz CT molecular complexity index is 1220. The van der Waals surface area contributed by atoms with E-state index in [-0.39, 0.29) is 11.3 Å². The molecular weight excluding hydrogens is 336 g/mol. The van der Waals surface area contributed by atoms with Crippen LogP contribution in [0.25, 0.3) is 28.7 Å². The van der Waals surface area contributed by atoms with Gasteiger partial charge in [0.1, 0.15) is 11.6 Å². The molecule has 0 amide bonds. The number of phenolic OH excluding ortho intramolecular Hbond substituents is 1. The first-order valence-corrected chi connectivity index (χ1v) is 8.69. The molecular formula is C23H18N2O2. The molecule has 132 valence electrons. The topological polar surface area (TPSA) is 55.1 Å². The van der Waals surface area contributed by atoms with Gasteiger partial charge in [-0.25, -0.2) is 4.98 Å². The summed E-state index contributed by atoms with van der Waals surface area (Å²) in [4.78, 5) is 17.9. The number of aryl methyl sites for hydroxylation is 1. The summed E-state index contributed by atoms with van der Waals surface area (Å²) in [6, 6.07) is 22.1. The lowest BCUT2D eigenvalue weighted by molar-refractivity contribution is 0.474. The smallest absolute Gasteiger partial charge is 0.266 e. The summed E-state index contributed by atoms with van der Waals surface area (Å²) < 4.78 is 1.62. The number of para-hydroxylation sites is 3. The molecule has 0 fully saturated rings. The van der Waals surface area contributed by atoms with Crippen molar-refractivity contribution in [1.82, 2.24) is 9.55 Å². The molecule has 1 aromatic heterocycles.